The summed E-state index contributed by atoms with van der Waals surface area (Å²) in [4.78, 5) is 15.0. The summed E-state index contributed by atoms with van der Waals surface area (Å²) < 4.78 is 24.9. The summed E-state index contributed by atoms with van der Waals surface area (Å²) in [5.74, 6) is 0.133. The number of hydrogen-bond donors (Lipinski definition) is 2. The van der Waals surface area contributed by atoms with Crippen molar-refractivity contribution < 1.29 is 18.7 Å². The van der Waals surface area contributed by atoms with E-state index in [1.807, 2.05) is 26.0 Å². The van der Waals surface area contributed by atoms with Gasteiger partial charge in [-0.15, -0.1) is 0 Å². The Bertz CT molecular complexity index is 928. The zero-order valence-electron chi connectivity index (χ0n) is 18.1. The van der Waals surface area contributed by atoms with Gasteiger partial charge in [0.2, 0.25) is 0 Å². The third-order valence-corrected chi connectivity index (χ3v) is 5.69. The molecule has 2 aromatic carbocycles. The molecule has 1 saturated heterocycles. The Morgan fingerprint density at radius 3 is 2.74 bits per heavy atom. The zero-order valence-corrected chi connectivity index (χ0v) is 18.1. The van der Waals surface area contributed by atoms with Crippen LogP contribution in [0.25, 0.3) is 0 Å². The van der Waals surface area contributed by atoms with Crippen molar-refractivity contribution in [2.24, 2.45) is 0 Å². The number of carbonyl (C=O) groups is 1. The van der Waals surface area contributed by atoms with Crippen LogP contribution in [0.15, 0.2) is 42.5 Å². The molecule has 0 aromatic heterocycles. The maximum absolute atomic E-state index is 13.6. The summed E-state index contributed by atoms with van der Waals surface area (Å²) in [5, 5.41) is 5.97. The standard InChI is InChI=1S/C24H30FN3O3/c1-24(2)14-21(20-7-6-19(25)13-22(20)31-24)27-23(29)26-15-17-4-3-5-18(12-17)16-28-8-10-30-11-9-28/h3-7,12-13,21H,8-11,14-16H2,1-2H3,(H2,26,27,29). The molecule has 2 aliphatic rings. The first-order chi connectivity index (χ1) is 14.9. The van der Waals surface area contributed by atoms with E-state index in [0.717, 1.165) is 44.0 Å². The molecule has 2 aliphatic heterocycles. The molecular formula is C24H30FN3O3. The molecule has 166 valence electrons. The molecule has 7 heteroatoms. The number of morpholine rings is 1. The number of rotatable bonds is 5. The molecule has 4 rings (SSSR count). The summed E-state index contributed by atoms with van der Waals surface area (Å²) >= 11 is 0. The van der Waals surface area contributed by atoms with Gasteiger partial charge in [-0.05, 0) is 31.0 Å². The van der Waals surface area contributed by atoms with Crippen molar-refractivity contribution >= 4 is 6.03 Å². The minimum Gasteiger partial charge on any atom is -0.487 e. The third-order valence-electron chi connectivity index (χ3n) is 5.69. The Balaban J connectivity index is 1.35. The predicted molar refractivity (Wildman–Crippen MR) is 116 cm³/mol. The Hall–Kier alpha value is -2.64. The topological polar surface area (TPSA) is 62.8 Å². The first-order valence-electron chi connectivity index (χ1n) is 10.8. The number of carbonyl (C=O) groups excluding carboxylic acids is 1. The summed E-state index contributed by atoms with van der Waals surface area (Å²) in [7, 11) is 0. The fraction of sp³-hybridized carbons (Fsp3) is 0.458. The lowest BCUT2D eigenvalue weighted by atomic mass is 9.90. The van der Waals surface area contributed by atoms with Crippen molar-refractivity contribution in [1.82, 2.24) is 15.5 Å². The molecule has 0 aliphatic carbocycles. The molecule has 0 radical (unpaired) electrons. The second-order valence-corrected chi connectivity index (χ2v) is 8.84. The van der Waals surface area contributed by atoms with Gasteiger partial charge in [-0.1, -0.05) is 30.3 Å². The second kappa shape index (κ2) is 9.24. The summed E-state index contributed by atoms with van der Waals surface area (Å²) in [6.07, 6.45) is 0.605. The van der Waals surface area contributed by atoms with Crippen molar-refractivity contribution in [3.8, 4) is 5.75 Å². The highest BCUT2D eigenvalue weighted by molar-refractivity contribution is 5.74. The van der Waals surface area contributed by atoms with E-state index in [2.05, 4.69) is 27.7 Å². The van der Waals surface area contributed by atoms with Crippen LogP contribution in [0.3, 0.4) is 0 Å². The van der Waals surface area contributed by atoms with Crippen LogP contribution in [-0.2, 0) is 17.8 Å². The molecule has 6 nitrogen and oxygen atoms in total. The van der Waals surface area contributed by atoms with Gasteiger partial charge >= 0.3 is 6.03 Å². The highest BCUT2D eigenvalue weighted by Crippen LogP contribution is 2.39. The van der Waals surface area contributed by atoms with E-state index in [0.29, 0.717) is 18.7 Å². The maximum atomic E-state index is 13.6. The van der Waals surface area contributed by atoms with Crippen LogP contribution in [0.2, 0.25) is 0 Å². The first-order valence-corrected chi connectivity index (χ1v) is 10.8. The number of benzene rings is 2. The summed E-state index contributed by atoms with van der Waals surface area (Å²) in [6, 6.07) is 12.2. The van der Waals surface area contributed by atoms with Gasteiger partial charge in [0.1, 0.15) is 17.2 Å². The maximum Gasteiger partial charge on any atom is 0.315 e. The molecule has 0 spiro atoms. The van der Waals surface area contributed by atoms with Crippen molar-refractivity contribution in [1.29, 1.82) is 0 Å². The number of hydrogen-bond acceptors (Lipinski definition) is 4. The van der Waals surface area contributed by atoms with E-state index in [1.165, 1.54) is 17.7 Å². The van der Waals surface area contributed by atoms with Gasteiger partial charge in [0.25, 0.3) is 0 Å². The van der Waals surface area contributed by atoms with Crippen LogP contribution in [-0.4, -0.2) is 42.8 Å². The fourth-order valence-electron chi connectivity index (χ4n) is 4.20. The van der Waals surface area contributed by atoms with Gasteiger partial charge in [-0.3, -0.25) is 4.90 Å². The van der Waals surface area contributed by atoms with Crippen LogP contribution in [0.5, 0.6) is 5.75 Å². The van der Waals surface area contributed by atoms with Gasteiger partial charge in [-0.25, -0.2) is 9.18 Å². The second-order valence-electron chi connectivity index (χ2n) is 8.84. The third kappa shape index (κ3) is 5.74. The van der Waals surface area contributed by atoms with E-state index in [9.17, 15) is 9.18 Å². The molecule has 0 bridgehead atoms. The minimum absolute atomic E-state index is 0.244. The van der Waals surface area contributed by atoms with Crippen LogP contribution < -0.4 is 15.4 Å². The van der Waals surface area contributed by atoms with Crippen LogP contribution in [0.1, 0.15) is 43.0 Å². The SMILES string of the molecule is CC1(C)CC(NC(=O)NCc2cccc(CN3CCOCC3)c2)c2ccc(F)cc2O1. The highest BCUT2D eigenvalue weighted by atomic mass is 19.1. The lowest BCUT2D eigenvalue weighted by molar-refractivity contribution is 0.0342. The van der Waals surface area contributed by atoms with Gasteiger partial charge in [0.05, 0.1) is 19.3 Å². The Morgan fingerprint density at radius 2 is 1.94 bits per heavy atom. The minimum atomic E-state index is -0.493. The summed E-state index contributed by atoms with van der Waals surface area (Å²) in [5.41, 5.74) is 2.58. The van der Waals surface area contributed by atoms with E-state index < -0.39 is 5.60 Å². The average Bonchev–Trinajstić information content (AvgIpc) is 2.72. The number of amides is 2. The van der Waals surface area contributed by atoms with Crippen LogP contribution in [0.4, 0.5) is 9.18 Å². The zero-order chi connectivity index (χ0) is 21.8. The van der Waals surface area contributed by atoms with E-state index >= 15 is 0 Å². The van der Waals surface area contributed by atoms with E-state index in [1.54, 1.807) is 6.07 Å². The lowest BCUT2D eigenvalue weighted by Gasteiger charge is -2.37. The number of urea groups is 1. The van der Waals surface area contributed by atoms with Gasteiger partial charge in [-0.2, -0.15) is 0 Å². The molecule has 1 atom stereocenters. The molecule has 1 fully saturated rings. The molecular weight excluding hydrogens is 397 g/mol. The Kier molecular flexibility index (Phi) is 6.43. The van der Waals surface area contributed by atoms with Crippen molar-refractivity contribution in [2.75, 3.05) is 26.3 Å². The van der Waals surface area contributed by atoms with Crippen molar-refractivity contribution in [3.05, 3.63) is 65.0 Å². The Morgan fingerprint density at radius 1 is 1.16 bits per heavy atom. The van der Waals surface area contributed by atoms with Gasteiger partial charge in [0.15, 0.2) is 0 Å². The number of fused-ring (bicyclic) bond motifs is 1. The number of nitrogens with one attached hydrogen (secondary N) is 2. The van der Waals surface area contributed by atoms with E-state index in [4.69, 9.17) is 9.47 Å². The van der Waals surface area contributed by atoms with E-state index in [-0.39, 0.29) is 17.9 Å². The molecule has 2 aromatic rings. The molecule has 2 heterocycles. The molecule has 2 amide bonds. The van der Waals surface area contributed by atoms with Gasteiger partial charge < -0.3 is 20.1 Å². The smallest absolute Gasteiger partial charge is 0.315 e. The van der Waals surface area contributed by atoms with Crippen molar-refractivity contribution in [3.63, 3.8) is 0 Å². The fourth-order valence-corrected chi connectivity index (χ4v) is 4.20. The summed E-state index contributed by atoms with van der Waals surface area (Å²) in [6.45, 7) is 8.64. The van der Waals surface area contributed by atoms with Crippen LogP contribution in [0, 0.1) is 5.82 Å². The quantitative estimate of drug-likeness (QED) is 0.763. The monoisotopic (exact) mass is 427 g/mol. The molecule has 0 saturated carbocycles. The number of halogens is 1. The number of nitrogens with zero attached hydrogens (tertiary/aromatic N) is 1. The van der Waals surface area contributed by atoms with Crippen molar-refractivity contribution in [2.45, 2.75) is 45.0 Å². The highest BCUT2D eigenvalue weighted by Gasteiger charge is 2.34. The molecule has 31 heavy (non-hydrogen) atoms. The van der Waals surface area contributed by atoms with Crippen LogP contribution >= 0.6 is 0 Å². The Labute approximate surface area is 182 Å². The normalized spacial score (nSPS) is 20.4. The first kappa shape index (κ1) is 21.6. The lowest BCUT2D eigenvalue weighted by Crippen LogP contribution is -2.44. The average molecular weight is 428 g/mol. The molecule has 2 N–H and O–H groups in total. The van der Waals surface area contributed by atoms with Gasteiger partial charge in [0, 0.05) is 44.2 Å². The number of ether oxygens (including phenoxy) is 2. The molecule has 1 unspecified atom stereocenters. The predicted octanol–water partition coefficient (Wildman–Crippen LogP) is 3.76. The largest absolute Gasteiger partial charge is 0.487 e.